The van der Waals surface area contributed by atoms with Crippen LogP contribution in [-0.4, -0.2) is 64.9 Å². The van der Waals surface area contributed by atoms with Crippen molar-refractivity contribution in [2.45, 2.75) is 38.3 Å². The Morgan fingerprint density at radius 3 is 2.87 bits per heavy atom. The third-order valence-electron chi connectivity index (χ3n) is 5.79. The first-order valence-electron chi connectivity index (χ1n) is 10.4. The summed E-state index contributed by atoms with van der Waals surface area (Å²) in [5.74, 6) is -0.0792. The second kappa shape index (κ2) is 8.67. The Kier molecular flexibility index (Phi) is 5.81. The Morgan fingerprint density at radius 1 is 1.23 bits per heavy atom. The molecule has 1 aromatic carbocycles. The molecule has 1 aromatic heterocycles. The number of fused-ring (bicyclic) bond motifs is 1. The Labute approximate surface area is 175 Å². The number of likely N-dealkylation sites (tertiary alicyclic amines) is 2. The third kappa shape index (κ3) is 4.21. The maximum atomic E-state index is 12.6. The van der Waals surface area contributed by atoms with Crippen molar-refractivity contribution in [2.75, 3.05) is 36.8 Å². The van der Waals surface area contributed by atoms with Crippen LogP contribution in [0.1, 0.15) is 26.2 Å². The molecule has 0 spiro atoms. The summed E-state index contributed by atoms with van der Waals surface area (Å²) in [4.78, 5) is 32.4. The molecule has 0 bridgehead atoms. The first-order chi connectivity index (χ1) is 14.5. The van der Waals surface area contributed by atoms with E-state index in [9.17, 15) is 14.9 Å². The minimum absolute atomic E-state index is 0.0500. The highest BCUT2D eigenvalue weighted by atomic mass is 16.2. The van der Waals surface area contributed by atoms with Crippen molar-refractivity contribution in [3.05, 3.63) is 30.5 Å². The van der Waals surface area contributed by atoms with Gasteiger partial charge in [0, 0.05) is 49.9 Å². The number of carbonyl (C=O) groups excluding carboxylic acids is 2. The van der Waals surface area contributed by atoms with Crippen molar-refractivity contribution in [1.29, 1.82) is 5.26 Å². The summed E-state index contributed by atoms with van der Waals surface area (Å²) in [6, 6.07) is 9.89. The van der Waals surface area contributed by atoms with Gasteiger partial charge in [-0.15, -0.1) is 0 Å². The van der Waals surface area contributed by atoms with Gasteiger partial charge in [0.2, 0.25) is 11.8 Å². The molecule has 8 nitrogen and oxygen atoms in total. The Morgan fingerprint density at radius 2 is 2.07 bits per heavy atom. The summed E-state index contributed by atoms with van der Waals surface area (Å²) < 4.78 is 0. The first kappa shape index (κ1) is 20.1. The fraction of sp³-hybridized carbons (Fsp3) is 0.455. The van der Waals surface area contributed by atoms with E-state index in [1.165, 1.54) is 6.92 Å². The van der Waals surface area contributed by atoms with E-state index in [0.29, 0.717) is 18.8 Å². The van der Waals surface area contributed by atoms with Gasteiger partial charge in [-0.3, -0.25) is 19.5 Å². The van der Waals surface area contributed by atoms with Crippen molar-refractivity contribution in [2.24, 2.45) is 0 Å². The zero-order chi connectivity index (χ0) is 21.1. The summed E-state index contributed by atoms with van der Waals surface area (Å²) >= 11 is 0. The van der Waals surface area contributed by atoms with Crippen LogP contribution in [0.5, 0.6) is 0 Å². The third-order valence-corrected chi connectivity index (χ3v) is 5.79. The van der Waals surface area contributed by atoms with Crippen molar-refractivity contribution in [1.82, 2.24) is 14.8 Å². The molecule has 2 aliphatic heterocycles. The Bertz CT molecular complexity index is 1000. The van der Waals surface area contributed by atoms with Crippen LogP contribution in [0.25, 0.3) is 10.9 Å². The SMILES string of the molecule is CC(=O)Nc1ccc(N[C@H]2CCN(CC(=O)N3CCC[C@H]3C#N)C2)c2cccnc12. The van der Waals surface area contributed by atoms with E-state index >= 15 is 0 Å². The van der Waals surface area contributed by atoms with Crippen molar-refractivity contribution < 1.29 is 9.59 Å². The largest absolute Gasteiger partial charge is 0.380 e. The molecular weight excluding hydrogens is 380 g/mol. The quantitative estimate of drug-likeness (QED) is 0.789. The van der Waals surface area contributed by atoms with Crippen LogP contribution in [0, 0.1) is 11.3 Å². The highest BCUT2D eigenvalue weighted by molar-refractivity contribution is 6.04. The van der Waals surface area contributed by atoms with Gasteiger partial charge in [-0.2, -0.15) is 5.26 Å². The molecule has 2 N–H and O–H groups in total. The predicted molar refractivity (Wildman–Crippen MR) is 115 cm³/mol. The maximum Gasteiger partial charge on any atom is 0.237 e. The number of anilines is 2. The molecule has 8 heteroatoms. The molecule has 0 unspecified atom stereocenters. The van der Waals surface area contributed by atoms with E-state index in [2.05, 4.69) is 26.6 Å². The normalized spacial score (nSPS) is 21.5. The van der Waals surface area contributed by atoms with Gasteiger partial charge in [0.05, 0.1) is 23.8 Å². The number of aromatic nitrogens is 1. The summed E-state index contributed by atoms with van der Waals surface area (Å²) in [6.07, 6.45) is 4.34. The minimum atomic E-state index is -0.269. The number of pyridine rings is 1. The van der Waals surface area contributed by atoms with E-state index in [4.69, 9.17) is 0 Å². The number of hydrogen-bond donors (Lipinski definition) is 2. The first-order valence-corrected chi connectivity index (χ1v) is 10.4. The number of carbonyl (C=O) groups is 2. The lowest BCUT2D eigenvalue weighted by atomic mass is 10.1. The van der Waals surface area contributed by atoms with Crippen molar-refractivity contribution in [3.8, 4) is 6.07 Å². The molecular formula is C22H26N6O2. The van der Waals surface area contributed by atoms with Gasteiger partial charge in [-0.05, 0) is 43.5 Å². The second-order valence-electron chi connectivity index (χ2n) is 7.98. The van der Waals surface area contributed by atoms with Crippen LogP contribution >= 0.6 is 0 Å². The second-order valence-corrected chi connectivity index (χ2v) is 7.98. The minimum Gasteiger partial charge on any atom is -0.380 e. The van der Waals surface area contributed by atoms with Gasteiger partial charge in [0.25, 0.3) is 0 Å². The highest BCUT2D eigenvalue weighted by Gasteiger charge is 2.31. The lowest BCUT2D eigenvalue weighted by Crippen LogP contribution is -2.42. The van der Waals surface area contributed by atoms with Gasteiger partial charge in [0.15, 0.2) is 0 Å². The molecule has 0 radical (unpaired) electrons. The van der Waals surface area contributed by atoms with Crippen LogP contribution < -0.4 is 10.6 Å². The fourth-order valence-electron chi connectivity index (χ4n) is 4.38. The van der Waals surface area contributed by atoms with Crippen LogP contribution in [0.15, 0.2) is 30.5 Å². The lowest BCUT2D eigenvalue weighted by Gasteiger charge is -2.23. The van der Waals surface area contributed by atoms with Gasteiger partial charge in [-0.25, -0.2) is 0 Å². The van der Waals surface area contributed by atoms with Crippen LogP contribution in [0.3, 0.4) is 0 Å². The summed E-state index contributed by atoms with van der Waals surface area (Å²) in [7, 11) is 0. The predicted octanol–water partition coefficient (Wildman–Crippen LogP) is 2.19. The lowest BCUT2D eigenvalue weighted by molar-refractivity contribution is -0.132. The molecule has 2 aromatic rings. The Hall–Kier alpha value is -3.18. The number of nitrogens with zero attached hydrogens (tertiary/aromatic N) is 4. The zero-order valence-corrected chi connectivity index (χ0v) is 17.1. The molecule has 2 atom stereocenters. The number of hydrogen-bond acceptors (Lipinski definition) is 6. The zero-order valence-electron chi connectivity index (χ0n) is 17.1. The van der Waals surface area contributed by atoms with Crippen LogP contribution in [0.2, 0.25) is 0 Å². The van der Waals surface area contributed by atoms with Gasteiger partial charge in [0.1, 0.15) is 6.04 Å². The van der Waals surface area contributed by atoms with E-state index in [-0.39, 0.29) is 23.9 Å². The number of nitrogens with one attached hydrogen (secondary N) is 2. The molecule has 2 amide bonds. The summed E-state index contributed by atoms with van der Waals surface area (Å²) in [5, 5.41) is 16.6. The maximum absolute atomic E-state index is 12.6. The standard InChI is InChI=1S/C22H26N6O2/c1-15(29)25-20-7-6-19(18-5-2-9-24-22(18)20)26-16-8-11-27(13-16)14-21(30)28-10-3-4-17(28)12-23/h2,5-7,9,16-17,26H,3-4,8,10-11,13-14H2,1H3,(H,25,29)/t16-,17-/m0/s1. The van der Waals surface area contributed by atoms with E-state index in [0.717, 1.165) is 48.9 Å². The van der Waals surface area contributed by atoms with Gasteiger partial charge < -0.3 is 15.5 Å². The molecule has 0 aliphatic carbocycles. The average molecular weight is 406 g/mol. The average Bonchev–Trinajstić information content (AvgIpc) is 3.38. The van der Waals surface area contributed by atoms with E-state index in [1.54, 1.807) is 11.1 Å². The number of nitriles is 1. The summed E-state index contributed by atoms with van der Waals surface area (Å²) in [6.45, 7) is 4.14. The van der Waals surface area contributed by atoms with Crippen molar-refractivity contribution in [3.63, 3.8) is 0 Å². The molecule has 2 fully saturated rings. The highest BCUT2D eigenvalue weighted by Crippen LogP contribution is 2.30. The van der Waals surface area contributed by atoms with Crippen LogP contribution in [0.4, 0.5) is 11.4 Å². The van der Waals surface area contributed by atoms with Gasteiger partial charge >= 0.3 is 0 Å². The number of amides is 2. The Balaban J connectivity index is 1.41. The molecule has 2 saturated heterocycles. The summed E-state index contributed by atoms with van der Waals surface area (Å²) in [5.41, 5.74) is 2.41. The topological polar surface area (TPSA) is 101 Å². The van der Waals surface area contributed by atoms with Crippen LogP contribution in [-0.2, 0) is 9.59 Å². The molecule has 4 rings (SSSR count). The van der Waals surface area contributed by atoms with Crippen molar-refractivity contribution >= 4 is 34.1 Å². The van der Waals surface area contributed by atoms with E-state index < -0.39 is 0 Å². The molecule has 2 aliphatic rings. The molecule has 156 valence electrons. The molecule has 0 saturated carbocycles. The van der Waals surface area contributed by atoms with E-state index in [1.807, 2.05) is 24.3 Å². The molecule has 30 heavy (non-hydrogen) atoms. The molecule has 3 heterocycles. The fourth-order valence-corrected chi connectivity index (χ4v) is 4.38. The smallest absolute Gasteiger partial charge is 0.237 e. The monoisotopic (exact) mass is 406 g/mol. The number of benzene rings is 1. The van der Waals surface area contributed by atoms with Gasteiger partial charge in [-0.1, -0.05) is 0 Å². The number of rotatable bonds is 5.